The number of aryl methyl sites for hydroxylation is 1. The van der Waals surface area contributed by atoms with Gasteiger partial charge < -0.3 is 15.8 Å². The topological polar surface area (TPSA) is 80.0 Å². The summed E-state index contributed by atoms with van der Waals surface area (Å²) in [6, 6.07) is 15.9. The minimum atomic E-state index is -0.518. The quantitative estimate of drug-likeness (QED) is 0.562. The highest BCUT2D eigenvalue weighted by Crippen LogP contribution is 2.35. The molecule has 3 rings (SSSR count). The van der Waals surface area contributed by atoms with Gasteiger partial charge in [-0.2, -0.15) is 0 Å². The fourth-order valence-corrected chi connectivity index (χ4v) is 3.06. The molecule has 29 heavy (non-hydrogen) atoms. The number of carbonyl (C=O) groups excluding carboxylic acids is 1. The van der Waals surface area contributed by atoms with Crippen molar-refractivity contribution in [1.82, 2.24) is 0 Å². The van der Waals surface area contributed by atoms with Crippen molar-refractivity contribution in [2.24, 2.45) is 10.7 Å². The van der Waals surface area contributed by atoms with Crippen LogP contribution in [0.15, 0.2) is 53.5 Å². The van der Waals surface area contributed by atoms with Crippen molar-refractivity contribution in [2.45, 2.75) is 58.7 Å². The lowest BCUT2D eigenvalue weighted by atomic mass is 10.1. The molecule has 0 unspecified atom stereocenters. The second-order valence-electron chi connectivity index (χ2n) is 8.39. The molecule has 6 nitrogen and oxygen atoms in total. The van der Waals surface area contributed by atoms with E-state index in [1.54, 1.807) is 4.90 Å². The fraction of sp³-hybridized carbons (Fsp3) is 0.391. The molecule has 1 aliphatic rings. The summed E-state index contributed by atoms with van der Waals surface area (Å²) in [6.45, 7) is 8.13. The summed E-state index contributed by atoms with van der Waals surface area (Å²) in [5, 5.41) is 3.07. The third kappa shape index (κ3) is 5.98. The first-order valence-corrected chi connectivity index (χ1v) is 9.97. The highest BCUT2D eigenvalue weighted by atomic mass is 16.6. The first-order valence-electron chi connectivity index (χ1n) is 9.97. The van der Waals surface area contributed by atoms with Crippen molar-refractivity contribution in [3.63, 3.8) is 0 Å². The predicted molar refractivity (Wildman–Crippen MR) is 118 cm³/mol. The van der Waals surface area contributed by atoms with Gasteiger partial charge in [0, 0.05) is 11.7 Å². The number of anilines is 2. The monoisotopic (exact) mass is 394 g/mol. The maximum Gasteiger partial charge on any atom is 0.415 e. The standard InChI is InChI=1S/C23H30N4O2/c1-16-14-17(15-25-21(24)26-18-8-6-5-7-9-18)10-13-20(16)27(19-11-12-19)22(28)29-23(2,3)4/h5-10,13-14,19H,11-12,15H2,1-4H3,(H3,24,25,26). The number of rotatable bonds is 5. The zero-order valence-electron chi connectivity index (χ0n) is 17.6. The highest BCUT2D eigenvalue weighted by molar-refractivity contribution is 5.92. The van der Waals surface area contributed by atoms with Crippen LogP contribution in [0.25, 0.3) is 0 Å². The molecule has 1 amide bonds. The van der Waals surface area contributed by atoms with Gasteiger partial charge in [0.05, 0.1) is 12.2 Å². The molecule has 0 saturated heterocycles. The summed E-state index contributed by atoms with van der Waals surface area (Å²) in [5.74, 6) is 0.367. The Balaban J connectivity index is 1.70. The summed E-state index contributed by atoms with van der Waals surface area (Å²) in [7, 11) is 0. The maximum atomic E-state index is 12.7. The number of guanidine groups is 1. The minimum absolute atomic E-state index is 0.220. The lowest BCUT2D eigenvalue weighted by molar-refractivity contribution is 0.0577. The van der Waals surface area contributed by atoms with Gasteiger partial charge in [0.15, 0.2) is 5.96 Å². The molecule has 2 aromatic carbocycles. The van der Waals surface area contributed by atoms with Crippen LogP contribution in [0.2, 0.25) is 0 Å². The minimum Gasteiger partial charge on any atom is -0.443 e. The van der Waals surface area contributed by atoms with E-state index in [2.05, 4.69) is 10.3 Å². The Labute approximate surface area is 172 Å². The summed E-state index contributed by atoms with van der Waals surface area (Å²) >= 11 is 0. The average molecular weight is 395 g/mol. The van der Waals surface area contributed by atoms with Crippen LogP contribution < -0.4 is 16.0 Å². The van der Waals surface area contributed by atoms with Crippen molar-refractivity contribution in [3.8, 4) is 0 Å². The van der Waals surface area contributed by atoms with E-state index in [4.69, 9.17) is 10.5 Å². The van der Waals surface area contributed by atoms with Crippen LogP contribution in [0.3, 0.4) is 0 Å². The number of hydrogen-bond donors (Lipinski definition) is 2. The second kappa shape index (κ2) is 8.55. The SMILES string of the molecule is Cc1cc(CN=C(N)Nc2ccccc2)ccc1N(C(=O)OC(C)(C)C)C1CC1. The van der Waals surface area contributed by atoms with E-state index in [9.17, 15) is 4.79 Å². The number of nitrogens with one attached hydrogen (secondary N) is 1. The van der Waals surface area contributed by atoms with Gasteiger partial charge >= 0.3 is 6.09 Å². The zero-order valence-corrected chi connectivity index (χ0v) is 17.6. The number of benzene rings is 2. The van der Waals surface area contributed by atoms with Crippen LogP contribution in [0.1, 0.15) is 44.7 Å². The molecule has 2 aromatic rings. The molecule has 1 saturated carbocycles. The molecule has 0 spiro atoms. The Kier molecular flexibility index (Phi) is 6.11. The zero-order chi connectivity index (χ0) is 21.0. The Morgan fingerprint density at radius 2 is 1.90 bits per heavy atom. The Morgan fingerprint density at radius 1 is 1.21 bits per heavy atom. The first-order chi connectivity index (χ1) is 13.7. The number of hydrogen-bond acceptors (Lipinski definition) is 3. The van der Waals surface area contributed by atoms with Gasteiger partial charge in [-0.1, -0.05) is 30.3 Å². The molecule has 154 valence electrons. The normalized spacial score (nSPS) is 14.4. The van der Waals surface area contributed by atoms with Gasteiger partial charge in [-0.25, -0.2) is 9.79 Å². The van der Waals surface area contributed by atoms with E-state index in [0.29, 0.717) is 12.5 Å². The molecule has 0 aromatic heterocycles. The van der Waals surface area contributed by atoms with E-state index in [-0.39, 0.29) is 12.1 Å². The van der Waals surface area contributed by atoms with Crippen LogP contribution in [-0.2, 0) is 11.3 Å². The average Bonchev–Trinajstić information content (AvgIpc) is 3.46. The third-order valence-corrected chi connectivity index (χ3v) is 4.50. The highest BCUT2D eigenvalue weighted by Gasteiger charge is 2.37. The number of amides is 1. The molecular weight excluding hydrogens is 364 g/mol. The smallest absolute Gasteiger partial charge is 0.415 e. The van der Waals surface area contributed by atoms with Crippen molar-refractivity contribution >= 4 is 23.4 Å². The van der Waals surface area contributed by atoms with Crippen molar-refractivity contribution < 1.29 is 9.53 Å². The van der Waals surface area contributed by atoms with Crippen molar-refractivity contribution in [1.29, 1.82) is 0 Å². The largest absolute Gasteiger partial charge is 0.443 e. The van der Waals surface area contributed by atoms with Gasteiger partial charge in [0.1, 0.15) is 5.60 Å². The molecule has 1 fully saturated rings. The molecule has 0 heterocycles. The van der Waals surface area contributed by atoms with Crippen LogP contribution in [0.4, 0.5) is 16.2 Å². The maximum absolute atomic E-state index is 12.7. The number of ether oxygens (including phenoxy) is 1. The van der Waals surface area contributed by atoms with Gasteiger partial charge in [-0.3, -0.25) is 4.90 Å². The molecule has 0 atom stereocenters. The third-order valence-electron chi connectivity index (χ3n) is 4.50. The van der Waals surface area contributed by atoms with E-state index in [1.807, 2.05) is 76.2 Å². The van der Waals surface area contributed by atoms with Crippen molar-refractivity contribution in [3.05, 3.63) is 59.7 Å². The molecule has 0 aliphatic heterocycles. The number of para-hydroxylation sites is 1. The second-order valence-corrected chi connectivity index (χ2v) is 8.39. The lowest BCUT2D eigenvalue weighted by Crippen LogP contribution is -2.38. The van der Waals surface area contributed by atoms with Gasteiger partial charge in [0.2, 0.25) is 0 Å². The number of nitrogens with zero attached hydrogens (tertiary/aromatic N) is 2. The van der Waals surface area contributed by atoms with E-state index >= 15 is 0 Å². The van der Waals surface area contributed by atoms with E-state index in [1.165, 1.54) is 0 Å². The number of carbonyl (C=O) groups is 1. The Bertz CT molecular complexity index is 883. The molecule has 6 heteroatoms. The molecule has 0 bridgehead atoms. The van der Waals surface area contributed by atoms with Gasteiger partial charge in [-0.05, 0) is 69.9 Å². The fourth-order valence-electron chi connectivity index (χ4n) is 3.06. The Hall–Kier alpha value is -3.02. The molecule has 3 N–H and O–H groups in total. The van der Waals surface area contributed by atoms with Crippen LogP contribution >= 0.6 is 0 Å². The van der Waals surface area contributed by atoms with Crippen LogP contribution in [0, 0.1) is 6.92 Å². The molecular formula is C23H30N4O2. The van der Waals surface area contributed by atoms with Crippen LogP contribution in [0.5, 0.6) is 0 Å². The summed E-state index contributed by atoms with van der Waals surface area (Å²) < 4.78 is 5.62. The van der Waals surface area contributed by atoms with Gasteiger partial charge in [-0.15, -0.1) is 0 Å². The van der Waals surface area contributed by atoms with E-state index in [0.717, 1.165) is 35.3 Å². The summed E-state index contributed by atoms with van der Waals surface area (Å²) in [4.78, 5) is 18.9. The summed E-state index contributed by atoms with van der Waals surface area (Å²) in [6.07, 6.45) is 1.73. The summed E-state index contributed by atoms with van der Waals surface area (Å²) in [5.41, 5.74) is 9.31. The van der Waals surface area contributed by atoms with Gasteiger partial charge in [0.25, 0.3) is 0 Å². The number of nitrogens with two attached hydrogens (primary N) is 1. The molecule has 0 radical (unpaired) electrons. The van der Waals surface area contributed by atoms with Crippen LogP contribution in [-0.4, -0.2) is 23.7 Å². The number of aliphatic imine (C=N–C) groups is 1. The molecule has 1 aliphatic carbocycles. The first kappa shape index (κ1) is 20.7. The predicted octanol–water partition coefficient (Wildman–Crippen LogP) is 4.83. The van der Waals surface area contributed by atoms with Crippen molar-refractivity contribution in [2.75, 3.05) is 10.2 Å². The van der Waals surface area contributed by atoms with E-state index < -0.39 is 5.60 Å². The Morgan fingerprint density at radius 3 is 2.48 bits per heavy atom. The lowest BCUT2D eigenvalue weighted by Gasteiger charge is -2.28.